The molecule has 0 unspecified atom stereocenters. The van der Waals surface area contributed by atoms with Crippen LogP contribution in [-0.2, 0) is 0 Å². The molecule has 0 saturated carbocycles. The minimum absolute atomic E-state index is 0.450. The van der Waals surface area contributed by atoms with Crippen molar-refractivity contribution in [3.63, 3.8) is 0 Å². The molecular weight excluding hydrogens is 196 g/mol. The van der Waals surface area contributed by atoms with Crippen LogP contribution in [0.4, 0.5) is 11.8 Å². The van der Waals surface area contributed by atoms with Crippen LogP contribution in [-0.4, -0.2) is 17.0 Å². The highest BCUT2D eigenvalue weighted by Crippen LogP contribution is 2.11. The van der Waals surface area contributed by atoms with Crippen molar-refractivity contribution >= 4 is 27.7 Å². The summed E-state index contributed by atoms with van der Waals surface area (Å²) in [5, 5.41) is 2.78. The second-order valence-electron chi connectivity index (χ2n) is 1.69. The van der Waals surface area contributed by atoms with Gasteiger partial charge in [-0.15, -0.1) is 0 Å². The van der Waals surface area contributed by atoms with Crippen molar-refractivity contribution in [1.29, 1.82) is 0 Å². The third-order valence-corrected chi connectivity index (χ3v) is 1.34. The molecule has 54 valence electrons. The van der Waals surface area contributed by atoms with Gasteiger partial charge in [0.05, 0.1) is 0 Å². The molecule has 1 aromatic heterocycles. The fraction of sp³-hybridized carbons (Fsp3) is 0.200. The quantitative estimate of drug-likeness (QED) is 0.664. The van der Waals surface area contributed by atoms with Crippen molar-refractivity contribution in [2.24, 2.45) is 0 Å². The van der Waals surface area contributed by atoms with Crippen LogP contribution in [0, 0.1) is 0 Å². The summed E-state index contributed by atoms with van der Waals surface area (Å²) in [5.41, 5.74) is 5.41. The number of rotatable bonds is 1. The standard InChI is InChI=1S/C5H7BrN4/c1-8-5-9-3(6)2-4(7)10-5/h2H,1H3,(H3,7,8,9,10). The molecule has 1 aromatic rings. The molecule has 1 rings (SSSR count). The van der Waals surface area contributed by atoms with E-state index in [1.165, 1.54) is 0 Å². The zero-order valence-corrected chi connectivity index (χ0v) is 7.01. The van der Waals surface area contributed by atoms with E-state index in [1.54, 1.807) is 13.1 Å². The molecule has 3 N–H and O–H groups in total. The first-order valence-corrected chi connectivity index (χ1v) is 3.49. The maximum Gasteiger partial charge on any atom is 0.225 e. The van der Waals surface area contributed by atoms with Gasteiger partial charge in [-0.05, 0) is 15.9 Å². The molecule has 0 amide bonds. The highest BCUT2D eigenvalue weighted by Gasteiger charge is 1.95. The average Bonchev–Trinajstić information content (AvgIpc) is 1.85. The van der Waals surface area contributed by atoms with Crippen LogP contribution < -0.4 is 11.1 Å². The smallest absolute Gasteiger partial charge is 0.225 e. The summed E-state index contributed by atoms with van der Waals surface area (Å²) in [7, 11) is 1.74. The molecule has 1 heterocycles. The monoisotopic (exact) mass is 202 g/mol. The normalized spacial score (nSPS) is 9.40. The summed E-state index contributed by atoms with van der Waals surface area (Å²) in [6, 6.07) is 1.64. The Morgan fingerprint density at radius 3 is 2.80 bits per heavy atom. The van der Waals surface area contributed by atoms with Crippen molar-refractivity contribution in [1.82, 2.24) is 9.97 Å². The second kappa shape index (κ2) is 2.83. The van der Waals surface area contributed by atoms with Gasteiger partial charge in [0.15, 0.2) is 0 Å². The van der Waals surface area contributed by atoms with Gasteiger partial charge in [0.25, 0.3) is 0 Å². The Labute approximate surface area is 67.0 Å². The molecule has 0 aromatic carbocycles. The van der Waals surface area contributed by atoms with Crippen molar-refractivity contribution in [2.75, 3.05) is 18.1 Å². The van der Waals surface area contributed by atoms with E-state index >= 15 is 0 Å². The molecular formula is C5H7BrN4. The fourth-order valence-corrected chi connectivity index (χ4v) is 0.949. The lowest BCUT2D eigenvalue weighted by atomic mass is 10.6. The first kappa shape index (κ1) is 7.27. The average molecular weight is 203 g/mol. The Morgan fingerprint density at radius 2 is 2.30 bits per heavy atom. The van der Waals surface area contributed by atoms with Gasteiger partial charge in [-0.25, -0.2) is 4.98 Å². The Balaban J connectivity index is 3.06. The fourth-order valence-electron chi connectivity index (χ4n) is 0.547. The number of hydrogen-bond acceptors (Lipinski definition) is 4. The largest absolute Gasteiger partial charge is 0.383 e. The summed E-state index contributed by atoms with van der Waals surface area (Å²) >= 11 is 3.18. The molecule has 0 radical (unpaired) electrons. The Hall–Kier alpha value is -0.840. The van der Waals surface area contributed by atoms with Crippen molar-refractivity contribution < 1.29 is 0 Å². The molecule has 4 nitrogen and oxygen atoms in total. The lowest BCUT2D eigenvalue weighted by Crippen LogP contribution is -1.99. The Bertz CT molecular complexity index is 217. The summed E-state index contributed by atoms with van der Waals surface area (Å²) in [4.78, 5) is 7.85. The number of hydrogen-bond donors (Lipinski definition) is 2. The van der Waals surface area contributed by atoms with E-state index < -0.39 is 0 Å². The van der Waals surface area contributed by atoms with E-state index in [1.807, 2.05) is 0 Å². The topological polar surface area (TPSA) is 63.8 Å². The van der Waals surface area contributed by atoms with Gasteiger partial charge in [0.2, 0.25) is 5.95 Å². The highest BCUT2D eigenvalue weighted by atomic mass is 79.9. The lowest BCUT2D eigenvalue weighted by Gasteiger charge is -1.98. The summed E-state index contributed by atoms with van der Waals surface area (Å²) in [5.74, 6) is 0.970. The van der Waals surface area contributed by atoms with Crippen molar-refractivity contribution in [3.05, 3.63) is 10.7 Å². The third-order valence-electron chi connectivity index (χ3n) is 0.938. The number of nitrogen functional groups attached to an aromatic ring is 1. The minimum atomic E-state index is 0.450. The molecule has 0 aliphatic heterocycles. The van der Waals surface area contributed by atoms with Crippen LogP contribution in [0.25, 0.3) is 0 Å². The molecule has 5 heteroatoms. The SMILES string of the molecule is CNc1nc(N)cc(Br)n1. The number of anilines is 2. The molecule has 0 aliphatic carbocycles. The van der Waals surface area contributed by atoms with Gasteiger partial charge in [-0.2, -0.15) is 4.98 Å². The maximum atomic E-state index is 5.41. The third kappa shape index (κ3) is 1.57. The molecule has 0 atom stereocenters. The first-order valence-electron chi connectivity index (χ1n) is 2.70. The van der Waals surface area contributed by atoms with Crippen LogP contribution in [0.3, 0.4) is 0 Å². The van der Waals surface area contributed by atoms with Crippen molar-refractivity contribution in [3.8, 4) is 0 Å². The minimum Gasteiger partial charge on any atom is -0.383 e. The maximum absolute atomic E-state index is 5.41. The van der Waals surface area contributed by atoms with E-state index in [0.29, 0.717) is 16.4 Å². The van der Waals surface area contributed by atoms with E-state index in [9.17, 15) is 0 Å². The molecule has 0 spiro atoms. The predicted octanol–water partition coefficient (Wildman–Crippen LogP) is 0.863. The van der Waals surface area contributed by atoms with E-state index in [0.717, 1.165) is 0 Å². The van der Waals surface area contributed by atoms with Crippen molar-refractivity contribution in [2.45, 2.75) is 0 Å². The van der Waals surface area contributed by atoms with Crippen LogP contribution in [0.5, 0.6) is 0 Å². The van der Waals surface area contributed by atoms with Gasteiger partial charge in [0, 0.05) is 13.1 Å². The molecule has 0 saturated heterocycles. The van der Waals surface area contributed by atoms with Gasteiger partial charge in [-0.1, -0.05) is 0 Å². The Morgan fingerprint density at radius 1 is 1.60 bits per heavy atom. The van der Waals surface area contributed by atoms with Crippen LogP contribution in [0.2, 0.25) is 0 Å². The lowest BCUT2D eigenvalue weighted by molar-refractivity contribution is 1.13. The van der Waals surface area contributed by atoms with E-state index in [4.69, 9.17) is 5.73 Å². The summed E-state index contributed by atoms with van der Waals surface area (Å²) in [6.45, 7) is 0. The van der Waals surface area contributed by atoms with E-state index in [2.05, 4.69) is 31.2 Å². The number of nitrogens with zero attached hydrogens (tertiary/aromatic N) is 2. The number of halogens is 1. The molecule has 0 bridgehead atoms. The molecule has 10 heavy (non-hydrogen) atoms. The van der Waals surface area contributed by atoms with Gasteiger partial charge >= 0.3 is 0 Å². The predicted molar refractivity (Wildman–Crippen MR) is 43.7 cm³/mol. The molecule has 0 fully saturated rings. The van der Waals surface area contributed by atoms with Gasteiger partial charge < -0.3 is 11.1 Å². The second-order valence-corrected chi connectivity index (χ2v) is 2.50. The summed E-state index contributed by atoms with van der Waals surface area (Å²) in [6.07, 6.45) is 0. The zero-order valence-electron chi connectivity index (χ0n) is 5.43. The van der Waals surface area contributed by atoms with Gasteiger partial charge in [0.1, 0.15) is 10.4 Å². The molecule has 0 aliphatic rings. The van der Waals surface area contributed by atoms with Crippen LogP contribution >= 0.6 is 15.9 Å². The highest BCUT2D eigenvalue weighted by molar-refractivity contribution is 9.10. The Kier molecular flexibility index (Phi) is 2.06. The van der Waals surface area contributed by atoms with Crippen LogP contribution in [0.1, 0.15) is 0 Å². The number of aromatic nitrogens is 2. The number of nitrogens with two attached hydrogens (primary N) is 1. The van der Waals surface area contributed by atoms with Gasteiger partial charge in [-0.3, -0.25) is 0 Å². The first-order chi connectivity index (χ1) is 4.72. The van der Waals surface area contributed by atoms with Crippen LogP contribution in [0.15, 0.2) is 10.7 Å². The zero-order chi connectivity index (χ0) is 7.56. The number of nitrogens with one attached hydrogen (secondary N) is 1. The summed E-state index contributed by atoms with van der Waals surface area (Å²) < 4.78 is 0.685. The van der Waals surface area contributed by atoms with E-state index in [-0.39, 0.29) is 0 Å².